The third-order valence-corrected chi connectivity index (χ3v) is 14.4. The van der Waals surface area contributed by atoms with Gasteiger partial charge in [-0.2, -0.15) is 15.8 Å². The molecule has 232 valence electrons. The molecular weight excluding hydrogens is 625 g/mol. The van der Waals surface area contributed by atoms with Crippen molar-refractivity contribution >= 4 is 50.6 Å². The minimum Gasteiger partial charge on any atom is -0.308 e. The summed E-state index contributed by atoms with van der Waals surface area (Å²) >= 11 is 0. The van der Waals surface area contributed by atoms with Crippen molar-refractivity contribution in [1.82, 2.24) is 4.57 Å². The monoisotopic (exact) mass is 652 g/mol. The SMILES string of the molecule is N#Cc1ccc2c(c1)c1ccccc1n2-c1ccc(C#N)c(-c2cccc([Si](c3ccccc3)(c3ccccc3)c3ccccc3)c2)c1C#N. The Morgan fingerprint density at radius 1 is 0.440 bits per heavy atom. The van der Waals surface area contributed by atoms with E-state index in [0.29, 0.717) is 27.9 Å². The van der Waals surface area contributed by atoms with Crippen molar-refractivity contribution in [1.29, 1.82) is 15.8 Å². The zero-order valence-electron chi connectivity index (χ0n) is 27.0. The van der Waals surface area contributed by atoms with Gasteiger partial charge in [-0.1, -0.05) is 133 Å². The lowest BCUT2D eigenvalue weighted by Crippen LogP contribution is -2.74. The number of hydrogen-bond donors (Lipinski definition) is 0. The molecule has 0 aliphatic carbocycles. The summed E-state index contributed by atoms with van der Waals surface area (Å²) in [7, 11) is -2.87. The smallest absolute Gasteiger partial charge is 0.179 e. The van der Waals surface area contributed by atoms with E-state index in [1.54, 1.807) is 6.07 Å². The van der Waals surface area contributed by atoms with Gasteiger partial charge in [-0.15, -0.1) is 0 Å². The summed E-state index contributed by atoms with van der Waals surface area (Å²) in [4.78, 5) is 0. The second-order valence-electron chi connectivity index (χ2n) is 12.2. The van der Waals surface area contributed by atoms with E-state index < -0.39 is 8.07 Å². The van der Waals surface area contributed by atoms with Gasteiger partial charge < -0.3 is 4.57 Å². The maximum atomic E-state index is 11.0. The molecule has 1 aromatic heterocycles. The van der Waals surface area contributed by atoms with E-state index >= 15 is 0 Å². The molecule has 8 rings (SSSR count). The number of nitrogens with zero attached hydrogens (tertiary/aromatic N) is 4. The Morgan fingerprint density at radius 2 is 1.02 bits per heavy atom. The van der Waals surface area contributed by atoms with Crippen LogP contribution in [0.3, 0.4) is 0 Å². The molecule has 0 saturated carbocycles. The predicted molar refractivity (Wildman–Crippen MR) is 204 cm³/mol. The number of fused-ring (bicyclic) bond motifs is 3. The first kappa shape index (κ1) is 30.4. The minimum absolute atomic E-state index is 0.416. The lowest BCUT2D eigenvalue weighted by Gasteiger charge is -2.34. The molecule has 0 aliphatic rings. The summed E-state index contributed by atoms with van der Waals surface area (Å²) in [5.74, 6) is 0. The van der Waals surface area contributed by atoms with Crippen molar-refractivity contribution in [2.75, 3.05) is 0 Å². The van der Waals surface area contributed by atoms with Crippen molar-refractivity contribution in [2.24, 2.45) is 0 Å². The molecule has 4 nitrogen and oxygen atoms in total. The topological polar surface area (TPSA) is 76.3 Å². The molecule has 0 spiro atoms. The van der Waals surface area contributed by atoms with Crippen molar-refractivity contribution in [3.8, 4) is 35.0 Å². The Balaban J connectivity index is 1.43. The fourth-order valence-corrected chi connectivity index (χ4v) is 12.4. The van der Waals surface area contributed by atoms with Crippen molar-refractivity contribution in [2.45, 2.75) is 0 Å². The molecule has 50 heavy (non-hydrogen) atoms. The summed E-state index contributed by atoms with van der Waals surface area (Å²) in [6, 6.07) is 65.1. The van der Waals surface area contributed by atoms with E-state index in [1.807, 2.05) is 54.6 Å². The van der Waals surface area contributed by atoms with Crippen LogP contribution in [0.15, 0.2) is 170 Å². The molecule has 1 heterocycles. The molecule has 0 aliphatic heterocycles. The van der Waals surface area contributed by atoms with Gasteiger partial charge in [-0.3, -0.25) is 0 Å². The van der Waals surface area contributed by atoms with Crippen LogP contribution in [0.1, 0.15) is 16.7 Å². The highest BCUT2D eigenvalue weighted by Gasteiger charge is 2.41. The molecule has 0 radical (unpaired) electrons. The van der Waals surface area contributed by atoms with Crippen LogP contribution < -0.4 is 20.7 Å². The second-order valence-corrected chi connectivity index (χ2v) is 16.0. The Labute approximate surface area is 291 Å². The fourth-order valence-electron chi connectivity index (χ4n) is 7.56. The van der Waals surface area contributed by atoms with Crippen LogP contribution in [-0.4, -0.2) is 12.6 Å². The molecule has 0 saturated heterocycles. The number of benzene rings is 7. The Bertz CT molecular complexity index is 2580. The van der Waals surface area contributed by atoms with Gasteiger partial charge in [0.25, 0.3) is 0 Å². The van der Waals surface area contributed by atoms with E-state index in [2.05, 4.69) is 132 Å². The van der Waals surface area contributed by atoms with E-state index in [1.165, 1.54) is 15.6 Å². The summed E-state index contributed by atoms with van der Waals surface area (Å²) in [6.07, 6.45) is 0. The second kappa shape index (κ2) is 12.6. The molecule has 0 fully saturated rings. The molecule has 0 atom stereocenters. The van der Waals surface area contributed by atoms with Gasteiger partial charge in [-0.05, 0) is 62.7 Å². The first-order valence-corrected chi connectivity index (χ1v) is 18.4. The van der Waals surface area contributed by atoms with Gasteiger partial charge in [0.1, 0.15) is 6.07 Å². The predicted octanol–water partition coefficient (Wildman–Crippen LogP) is 7.44. The molecule has 8 aromatic rings. The van der Waals surface area contributed by atoms with Crippen LogP contribution in [0.5, 0.6) is 0 Å². The van der Waals surface area contributed by atoms with Gasteiger partial charge in [-0.25, -0.2) is 0 Å². The van der Waals surface area contributed by atoms with Crippen molar-refractivity contribution < 1.29 is 0 Å². The lowest BCUT2D eigenvalue weighted by molar-refractivity contribution is 1.17. The van der Waals surface area contributed by atoms with Gasteiger partial charge in [0.05, 0.1) is 45.5 Å². The third kappa shape index (κ3) is 4.72. The molecule has 7 aromatic carbocycles. The van der Waals surface area contributed by atoms with Crippen LogP contribution in [0.4, 0.5) is 0 Å². The van der Waals surface area contributed by atoms with Gasteiger partial charge in [0, 0.05) is 16.3 Å². The van der Waals surface area contributed by atoms with Crippen molar-refractivity contribution in [3.05, 3.63) is 187 Å². The molecule has 0 unspecified atom stereocenters. The Kier molecular flexibility index (Phi) is 7.63. The van der Waals surface area contributed by atoms with E-state index in [4.69, 9.17) is 0 Å². The third-order valence-electron chi connectivity index (χ3n) is 9.66. The van der Waals surface area contributed by atoms with Crippen LogP contribution in [0.2, 0.25) is 0 Å². The Morgan fingerprint density at radius 3 is 1.62 bits per heavy atom. The zero-order chi connectivity index (χ0) is 34.1. The van der Waals surface area contributed by atoms with Crippen LogP contribution in [0, 0.1) is 34.0 Å². The number of rotatable bonds is 6. The summed E-state index contributed by atoms with van der Waals surface area (Å²) in [5, 5.41) is 37.9. The summed E-state index contributed by atoms with van der Waals surface area (Å²) in [6.45, 7) is 0. The lowest BCUT2D eigenvalue weighted by atomic mass is 9.93. The fraction of sp³-hybridized carbons (Fsp3) is 0. The highest BCUT2D eigenvalue weighted by molar-refractivity contribution is 7.19. The maximum absolute atomic E-state index is 11.0. The molecule has 0 bridgehead atoms. The van der Waals surface area contributed by atoms with Gasteiger partial charge >= 0.3 is 0 Å². The van der Waals surface area contributed by atoms with E-state index in [9.17, 15) is 15.8 Å². The average Bonchev–Trinajstić information content (AvgIpc) is 3.52. The first-order chi connectivity index (χ1) is 24.7. The van der Waals surface area contributed by atoms with Crippen molar-refractivity contribution in [3.63, 3.8) is 0 Å². The maximum Gasteiger partial charge on any atom is 0.179 e. The number of nitriles is 3. The Hall–Kier alpha value is -6.97. The highest BCUT2D eigenvalue weighted by Crippen LogP contribution is 2.37. The van der Waals surface area contributed by atoms with Gasteiger partial charge in [0.2, 0.25) is 0 Å². The van der Waals surface area contributed by atoms with Gasteiger partial charge in [0.15, 0.2) is 8.07 Å². The molecule has 0 N–H and O–H groups in total. The van der Waals surface area contributed by atoms with Crippen LogP contribution in [0.25, 0.3) is 38.6 Å². The average molecular weight is 653 g/mol. The highest BCUT2D eigenvalue weighted by atomic mass is 28.3. The summed E-state index contributed by atoms with van der Waals surface area (Å²) < 4.78 is 2.08. The molecular formula is C45H28N4Si. The van der Waals surface area contributed by atoms with E-state index in [-0.39, 0.29) is 0 Å². The molecule has 5 heteroatoms. The number of aromatic nitrogens is 1. The largest absolute Gasteiger partial charge is 0.308 e. The molecule has 0 amide bonds. The normalized spacial score (nSPS) is 11.1. The minimum atomic E-state index is -2.87. The number of hydrogen-bond acceptors (Lipinski definition) is 3. The van der Waals surface area contributed by atoms with Crippen LogP contribution >= 0.6 is 0 Å². The summed E-state index contributed by atoms with van der Waals surface area (Å²) in [5.41, 5.74) is 5.32. The number of para-hydroxylation sites is 1. The first-order valence-electron chi connectivity index (χ1n) is 16.4. The van der Waals surface area contributed by atoms with E-state index in [0.717, 1.165) is 32.6 Å². The quantitative estimate of drug-likeness (QED) is 0.138. The van der Waals surface area contributed by atoms with Crippen LogP contribution in [-0.2, 0) is 0 Å². The standard InChI is InChI=1S/C45H28N4Si/c46-29-32-23-25-43-40(27-32)39-21-10-11-22-42(39)49(43)44-26-24-34(30-47)45(41(44)31-48)33-13-12-20-38(28-33)50(35-14-4-1-5-15-35,36-16-6-2-7-17-36)37-18-8-3-9-19-37/h1-28H. The zero-order valence-corrected chi connectivity index (χ0v) is 28.0.